The fourth-order valence-electron chi connectivity index (χ4n) is 1.20. The Morgan fingerprint density at radius 3 is 2.67 bits per heavy atom. The molecule has 3 N–H and O–H groups in total. The summed E-state index contributed by atoms with van der Waals surface area (Å²) < 4.78 is 30.3. The zero-order chi connectivity index (χ0) is 11.5. The summed E-state index contributed by atoms with van der Waals surface area (Å²) in [5.41, 5.74) is 5.35. The highest BCUT2D eigenvalue weighted by Gasteiger charge is 2.35. The highest BCUT2D eigenvalue weighted by atomic mass is 32.2. The van der Waals surface area contributed by atoms with E-state index < -0.39 is 16.3 Å². The first-order valence-corrected chi connectivity index (χ1v) is 6.08. The van der Waals surface area contributed by atoms with Gasteiger partial charge in [-0.05, 0) is 19.4 Å². The van der Waals surface area contributed by atoms with Gasteiger partial charge in [-0.15, -0.1) is 0 Å². The summed E-state index contributed by atoms with van der Waals surface area (Å²) in [6.45, 7) is 2.88. The standard InChI is InChI=1S/C7H15N3O4S/c1-2-14-7(11)9-15(12,13)10-4-6(3-8)5-10/h6H,2-5,8H2,1H3,(H,9,11). The molecule has 1 aliphatic heterocycles. The second kappa shape index (κ2) is 4.77. The molecule has 1 saturated heterocycles. The van der Waals surface area contributed by atoms with Crippen molar-refractivity contribution in [2.75, 3.05) is 26.2 Å². The van der Waals surface area contributed by atoms with E-state index in [4.69, 9.17) is 5.73 Å². The number of nitrogens with two attached hydrogens (primary N) is 1. The number of nitrogens with zero attached hydrogens (tertiary/aromatic N) is 1. The normalized spacial score (nSPS) is 18.3. The number of rotatable bonds is 4. The SMILES string of the molecule is CCOC(=O)NS(=O)(=O)N1CC(CN)C1. The van der Waals surface area contributed by atoms with Gasteiger partial charge in [0.05, 0.1) is 6.61 Å². The molecule has 7 nitrogen and oxygen atoms in total. The third kappa shape index (κ3) is 3.05. The molecule has 0 aliphatic carbocycles. The van der Waals surface area contributed by atoms with Gasteiger partial charge in [-0.2, -0.15) is 12.7 Å². The number of hydrogen-bond acceptors (Lipinski definition) is 5. The lowest BCUT2D eigenvalue weighted by atomic mass is 10.0. The van der Waals surface area contributed by atoms with Crippen molar-refractivity contribution in [1.82, 2.24) is 9.03 Å². The maximum atomic E-state index is 11.4. The van der Waals surface area contributed by atoms with Crippen LogP contribution in [0.5, 0.6) is 0 Å². The smallest absolute Gasteiger partial charge is 0.421 e. The molecule has 15 heavy (non-hydrogen) atoms. The van der Waals surface area contributed by atoms with E-state index in [2.05, 4.69) is 4.74 Å². The van der Waals surface area contributed by atoms with Crippen molar-refractivity contribution in [3.8, 4) is 0 Å². The molecule has 1 amide bonds. The third-order valence-electron chi connectivity index (χ3n) is 2.08. The van der Waals surface area contributed by atoms with E-state index in [-0.39, 0.29) is 12.5 Å². The maximum Gasteiger partial charge on any atom is 0.421 e. The second-order valence-electron chi connectivity index (χ2n) is 3.25. The van der Waals surface area contributed by atoms with Crippen LogP contribution in [0.15, 0.2) is 0 Å². The first-order chi connectivity index (χ1) is 6.99. The Balaban J connectivity index is 2.44. The average molecular weight is 237 g/mol. The van der Waals surface area contributed by atoms with Crippen LogP contribution in [0.1, 0.15) is 6.92 Å². The number of hydrogen-bond donors (Lipinski definition) is 2. The first kappa shape index (κ1) is 12.2. The number of carbonyl (C=O) groups excluding carboxylic acids is 1. The molecule has 0 unspecified atom stereocenters. The van der Waals surface area contributed by atoms with Crippen molar-refractivity contribution in [3.63, 3.8) is 0 Å². The lowest BCUT2D eigenvalue weighted by Gasteiger charge is -2.36. The quantitative estimate of drug-likeness (QED) is 0.644. The topological polar surface area (TPSA) is 102 Å². The zero-order valence-corrected chi connectivity index (χ0v) is 9.29. The van der Waals surface area contributed by atoms with Gasteiger partial charge >= 0.3 is 16.3 Å². The molecule has 0 bridgehead atoms. The first-order valence-electron chi connectivity index (χ1n) is 4.64. The summed E-state index contributed by atoms with van der Waals surface area (Å²) in [6.07, 6.45) is -0.950. The van der Waals surface area contributed by atoms with E-state index in [1.165, 1.54) is 0 Å². The minimum absolute atomic E-state index is 0.132. The number of amides is 1. The Morgan fingerprint density at radius 2 is 2.20 bits per heavy atom. The highest BCUT2D eigenvalue weighted by molar-refractivity contribution is 7.87. The van der Waals surface area contributed by atoms with Crippen LogP contribution in [0.4, 0.5) is 4.79 Å². The van der Waals surface area contributed by atoms with Crippen LogP contribution in [0.25, 0.3) is 0 Å². The van der Waals surface area contributed by atoms with E-state index in [0.717, 1.165) is 4.31 Å². The van der Waals surface area contributed by atoms with Gasteiger partial charge in [-0.25, -0.2) is 9.52 Å². The number of nitrogens with one attached hydrogen (secondary N) is 1. The van der Waals surface area contributed by atoms with Crippen LogP contribution in [-0.2, 0) is 14.9 Å². The summed E-state index contributed by atoms with van der Waals surface area (Å²) in [5.74, 6) is 0.184. The highest BCUT2D eigenvalue weighted by Crippen LogP contribution is 2.17. The second-order valence-corrected chi connectivity index (χ2v) is 4.92. The Labute approximate surface area is 88.7 Å². The number of ether oxygens (including phenoxy) is 1. The monoisotopic (exact) mass is 237 g/mol. The molecule has 0 radical (unpaired) electrons. The van der Waals surface area contributed by atoms with Crippen molar-refractivity contribution in [1.29, 1.82) is 0 Å². The molecule has 8 heteroatoms. The Kier molecular flexibility index (Phi) is 3.89. The van der Waals surface area contributed by atoms with Crippen LogP contribution in [-0.4, -0.2) is 45.1 Å². The van der Waals surface area contributed by atoms with Crippen LogP contribution in [0.3, 0.4) is 0 Å². The van der Waals surface area contributed by atoms with Gasteiger partial charge in [0, 0.05) is 13.1 Å². The summed E-state index contributed by atoms with van der Waals surface area (Å²) in [5, 5.41) is 0. The van der Waals surface area contributed by atoms with E-state index in [1.54, 1.807) is 11.6 Å². The molecule has 0 saturated carbocycles. The van der Waals surface area contributed by atoms with E-state index >= 15 is 0 Å². The van der Waals surface area contributed by atoms with Crippen molar-refractivity contribution in [2.45, 2.75) is 6.92 Å². The summed E-state index contributed by atoms with van der Waals surface area (Å²) in [7, 11) is -3.73. The van der Waals surface area contributed by atoms with Crippen LogP contribution in [0.2, 0.25) is 0 Å². The molecule has 1 heterocycles. The van der Waals surface area contributed by atoms with Crippen LogP contribution in [0, 0.1) is 5.92 Å². The fourth-order valence-corrected chi connectivity index (χ4v) is 2.41. The van der Waals surface area contributed by atoms with Crippen molar-refractivity contribution in [3.05, 3.63) is 0 Å². The summed E-state index contributed by atoms with van der Waals surface area (Å²) >= 11 is 0. The van der Waals surface area contributed by atoms with Gasteiger partial charge in [0.1, 0.15) is 0 Å². The molecule has 1 rings (SSSR count). The van der Waals surface area contributed by atoms with Gasteiger partial charge < -0.3 is 10.5 Å². The average Bonchev–Trinajstić information content (AvgIpc) is 2.00. The van der Waals surface area contributed by atoms with Crippen molar-refractivity contribution < 1.29 is 17.9 Å². The third-order valence-corrected chi connectivity index (χ3v) is 3.49. The number of carbonyl (C=O) groups is 1. The molecular weight excluding hydrogens is 222 g/mol. The Hall–Kier alpha value is -0.860. The Bertz CT molecular complexity index is 323. The molecule has 1 fully saturated rings. The molecule has 1 aliphatic rings. The lowest BCUT2D eigenvalue weighted by Crippen LogP contribution is -2.56. The summed E-state index contributed by atoms with van der Waals surface area (Å²) in [4.78, 5) is 10.9. The van der Waals surface area contributed by atoms with E-state index in [0.29, 0.717) is 19.6 Å². The molecule has 0 aromatic carbocycles. The van der Waals surface area contributed by atoms with Gasteiger partial charge in [-0.3, -0.25) is 0 Å². The molecule has 88 valence electrons. The van der Waals surface area contributed by atoms with E-state index in [9.17, 15) is 13.2 Å². The molecule has 0 atom stereocenters. The van der Waals surface area contributed by atoms with Gasteiger partial charge in [0.25, 0.3) is 0 Å². The maximum absolute atomic E-state index is 11.4. The Morgan fingerprint density at radius 1 is 1.60 bits per heavy atom. The predicted octanol–water partition coefficient (Wildman–Crippen LogP) is -1.13. The molecule has 0 aromatic rings. The van der Waals surface area contributed by atoms with E-state index in [1.807, 2.05) is 0 Å². The molecular formula is C7H15N3O4S. The zero-order valence-electron chi connectivity index (χ0n) is 8.47. The molecule has 0 spiro atoms. The van der Waals surface area contributed by atoms with Gasteiger partial charge in [0.2, 0.25) is 0 Å². The molecule has 0 aromatic heterocycles. The van der Waals surface area contributed by atoms with Crippen LogP contribution < -0.4 is 10.5 Å². The predicted molar refractivity (Wildman–Crippen MR) is 53.2 cm³/mol. The minimum atomic E-state index is -3.73. The van der Waals surface area contributed by atoms with Crippen LogP contribution >= 0.6 is 0 Å². The van der Waals surface area contributed by atoms with Gasteiger partial charge in [0.15, 0.2) is 0 Å². The van der Waals surface area contributed by atoms with Crippen molar-refractivity contribution in [2.24, 2.45) is 11.7 Å². The van der Waals surface area contributed by atoms with Crippen molar-refractivity contribution >= 4 is 16.3 Å². The largest absolute Gasteiger partial charge is 0.449 e. The van der Waals surface area contributed by atoms with Gasteiger partial charge in [-0.1, -0.05) is 0 Å². The fraction of sp³-hybridized carbons (Fsp3) is 0.857. The summed E-state index contributed by atoms with van der Waals surface area (Å²) in [6, 6.07) is 0. The lowest BCUT2D eigenvalue weighted by molar-refractivity contribution is 0.155. The minimum Gasteiger partial charge on any atom is -0.449 e.